The van der Waals surface area contributed by atoms with E-state index in [2.05, 4.69) is 65.2 Å². The molecule has 0 fully saturated rings. The topological polar surface area (TPSA) is 30.7 Å². The summed E-state index contributed by atoms with van der Waals surface area (Å²) in [5.41, 5.74) is 8.32. The number of hydrogen-bond acceptors (Lipinski definition) is 2. The Balaban J connectivity index is 1.90. The third-order valence-electron chi connectivity index (χ3n) is 5.73. The summed E-state index contributed by atoms with van der Waals surface area (Å²) in [4.78, 5) is 9.30. The Morgan fingerprint density at radius 1 is 0.906 bits per heavy atom. The lowest BCUT2D eigenvalue weighted by atomic mass is 10.0. The number of nitrogens with zero attached hydrogens (tertiary/aromatic N) is 3. The quantitative estimate of drug-likeness (QED) is 0.298. The van der Waals surface area contributed by atoms with E-state index in [4.69, 9.17) is 4.98 Å². The van der Waals surface area contributed by atoms with Gasteiger partial charge in [-0.3, -0.25) is 4.98 Å². The highest BCUT2D eigenvalue weighted by Gasteiger charge is 2.17. The number of hydrogen-bond donors (Lipinski definition) is 0. The van der Waals surface area contributed by atoms with Crippen molar-refractivity contribution in [2.24, 2.45) is 0 Å². The average Bonchev–Trinajstić information content (AvgIpc) is 3.18. The van der Waals surface area contributed by atoms with E-state index in [1.54, 1.807) is 0 Å². The molecule has 3 heterocycles. The maximum atomic E-state index is 4.88. The van der Waals surface area contributed by atoms with Gasteiger partial charge in [0.1, 0.15) is 0 Å². The van der Waals surface area contributed by atoms with Crippen molar-refractivity contribution in [3.05, 3.63) is 109 Å². The van der Waals surface area contributed by atoms with Crippen LogP contribution >= 0.6 is 0 Å². The fourth-order valence-corrected chi connectivity index (χ4v) is 4.35. The van der Waals surface area contributed by atoms with Gasteiger partial charge in [0.15, 0.2) is 0 Å². The Bertz CT molecular complexity index is 1500. The molecule has 0 spiro atoms. The minimum Gasteiger partial charge on any atom is -0.309 e. The first-order valence-electron chi connectivity index (χ1n) is 10.6. The van der Waals surface area contributed by atoms with Crippen molar-refractivity contribution >= 4 is 40.0 Å². The van der Waals surface area contributed by atoms with Crippen LogP contribution in [0.1, 0.15) is 23.7 Å². The highest BCUT2D eigenvalue weighted by atomic mass is 15.0. The van der Waals surface area contributed by atoms with Crippen LogP contribution in [0.4, 0.5) is 0 Å². The first-order valence-corrected chi connectivity index (χ1v) is 10.6. The number of fused-ring (bicyclic) bond motifs is 3. The summed E-state index contributed by atoms with van der Waals surface area (Å²) in [6, 6.07) is 20.9. The van der Waals surface area contributed by atoms with E-state index in [0.29, 0.717) is 0 Å². The summed E-state index contributed by atoms with van der Waals surface area (Å²) in [6.45, 7) is 10.1. The molecule has 0 unspecified atom stereocenters. The highest BCUT2D eigenvalue weighted by molar-refractivity contribution is 6.13. The Hall–Kier alpha value is -4.24. The Labute approximate surface area is 187 Å². The zero-order valence-corrected chi connectivity index (χ0v) is 18.0. The van der Waals surface area contributed by atoms with Gasteiger partial charge in [0.25, 0.3) is 0 Å². The maximum absolute atomic E-state index is 4.88. The van der Waals surface area contributed by atoms with Gasteiger partial charge in [0, 0.05) is 28.7 Å². The Kier molecular flexibility index (Phi) is 5.00. The molecule has 0 saturated heterocycles. The lowest BCUT2D eigenvalue weighted by Crippen LogP contribution is -1.98. The Morgan fingerprint density at radius 2 is 1.75 bits per heavy atom. The number of benzene rings is 2. The van der Waals surface area contributed by atoms with Gasteiger partial charge < -0.3 is 4.57 Å². The van der Waals surface area contributed by atoms with E-state index in [0.717, 1.165) is 55.6 Å². The first-order chi connectivity index (χ1) is 15.7. The van der Waals surface area contributed by atoms with Crippen molar-refractivity contribution in [2.45, 2.75) is 6.92 Å². The van der Waals surface area contributed by atoms with Crippen LogP contribution in [0.2, 0.25) is 0 Å². The molecule has 0 aliphatic rings. The molecular formula is C29H23N3. The van der Waals surface area contributed by atoms with Crippen LogP contribution in [-0.2, 0) is 0 Å². The zero-order chi connectivity index (χ0) is 22.1. The minimum atomic E-state index is 0.916. The van der Waals surface area contributed by atoms with Crippen LogP contribution in [0.3, 0.4) is 0 Å². The molecule has 3 heteroatoms. The molecule has 0 radical (unpaired) electrons. The van der Waals surface area contributed by atoms with E-state index in [9.17, 15) is 0 Å². The first kappa shape index (κ1) is 19.7. The van der Waals surface area contributed by atoms with Crippen LogP contribution in [0.25, 0.3) is 57.0 Å². The lowest BCUT2D eigenvalue weighted by molar-refractivity contribution is 1.15. The fourth-order valence-electron chi connectivity index (χ4n) is 4.35. The molecule has 5 rings (SSSR count). The van der Waals surface area contributed by atoms with Crippen LogP contribution in [-0.4, -0.2) is 14.5 Å². The minimum absolute atomic E-state index is 0.916. The molecule has 5 aromatic rings. The van der Waals surface area contributed by atoms with E-state index >= 15 is 0 Å². The van der Waals surface area contributed by atoms with Crippen LogP contribution in [0, 0.1) is 0 Å². The third-order valence-corrected chi connectivity index (χ3v) is 5.73. The standard InChI is InChI=1S/C29H23N3/c1-4-10-22-17-23(18-26(31-22)21-11-8-7-9-12-21)32-27-15-16-30-19-25(27)29-24(6-3)20(5-2)13-14-28(29)32/h4-19H,2-3H2,1H3/b10-4+. The highest BCUT2D eigenvalue weighted by Crippen LogP contribution is 2.36. The van der Waals surface area contributed by atoms with Crippen LogP contribution < -0.4 is 0 Å². The van der Waals surface area contributed by atoms with Crippen molar-refractivity contribution in [3.8, 4) is 16.9 Å². The molecular weight excluding hydrogens is 390 g/mol. The lowest BCUT2D eigenvalue weighted by Gasteiger charge is -2.12. The molecule has 0 aliphatic carbocycles. The average molecular weight is 414 g/mol. The van der Waals surface area contributed by atoms with Gasteiger partial charge in [-0.1, -0.05) is 67.8 Å². The number of aromatic nitrogens is 3. The summed E-state index contributed by atoms with van der Waals surface area (Å²) in [5.74, 6) is 0. The van der Waals surface area contributed by atoms with Gasteiger partial charge in [-0.2, -0.15) is 0 Å². The predicted octanol–water partition coefficient (Wildman–Crippen LogP) is 7.56. The zero-order valence-electron chi connectivity index (χ0n) is 18.0. The molecule has 32 heavy (non-hydrogen) atoms. The molecule has 0 saturated carbocycles. The molecule has 0 amide bonds. The largest absolute Gasteiger partial charge is 0.309 e. The van der Waals surface area contributed by atoms with Crippen LogP contribution in [0.5, 0.6) is 0 Å². The monoisotopic (exact) mass is 413 g/mol. The summed E-state index contributed by atoms with van der Waals surface area (Å²) in [5, 5.41) is 2.22. The van der Waals surface area contributed by atoms with Gasteiger partial charge in [-0.15, -0.1) is 0 Å². The van der Waals surface area contributed by atoms with Crippen molar-refractivity contribution in [3.63, 3.8) is 0 Å². The maximum Gasteiger partial charge on any atom is 0.0730 e. The van der Waals surface area contributed by atoms with Gasteiger partial charge >= 0.3 is 0 Å². The van der Waals surface area contributed by atoms with E-state index in [1.807, 2.05) is 61.8 Å². The number of pyridine rings is 2. The van der Waals surface area contributed by atoms with E-state index in [-0.39, 0.29) is 0 Å². The molecule has 3 aromatic heterocycles. The second-order valence-corrected chi connectivity index (χ2v) is 7.60. The molecule has 0 atom stereocenters. The molecule has 154 valence electrons. The second-order valence-electron chi connectivity index (χ2n) is 7.60. The van der Waals surface area contributed by atoms with Crippen molar-refractivity contribution < 1.29 is 0 Å². The summed E-state index contributed by atoms with van der Waals surface area (Å²) in [6.07, 6.45) is 11.6. The van der Waals surface area contributed by atoms with Crippen LogP contribution in [0.15, 0.2) is 92.3 Å². The summed E-state index contributed by atoms with van der Waals surface area (Å²) >= 11 is 0. The molecule has 3 nitrogen and oxygen atoms in total. The van der Waals surface area contributed by atoms with E-state index < -0.39 is 0 Å². The second kappa shape index (κ2) is 8.12. The molecule has 0 aliphatic heterocycles. The smallest absolute Gasteiger partial charge is 0.0730 e. The fraction of sp³-hybridized carbons (Fsp3) is 0.0345. The molecule has 0 bridgehead atoms. The SMILES string of the molecule is C=Cc1ccc2c(c1C=C)c1cnccc1n2-c1cc(/C=C/C)nc(-c2ccccc2)c1. The Morgan fingerprint density at radius 3 is 2.50 bits per heavy atom. The van der Waals surface area contributed by atoms with Gasteiger partial charge in [-0.05, 0) is 48.4 Å². The van der Waals surface area contributed by atoms with Crippen molar-refractivity contribution in [1.82, 2.24) is 14.5 Å². The summed E-state index contributed by atoms with van der Waals surface area (Å²) in [7, 11) is 0. The van der Waals surface area contributed by atoms with Crippen molar-refractivity contribution in [1.29, 1.82) is 0 Å². The summed E-state index contributed by atoms with van der Waals surface area (Å²) < 4.78 is 2.29. The third kappa shape index (κ3) is 3.15. The normalized spacial score (nSPS) is 11.4. The number of rotatable bonds is 5. The van der Waals surface area contributed by atoms with E-state index in [1.165, 1.54) is 0 Å². The predicted molar refractivity (Wildman–Crippen MR) is 137 cm³/mol. The van der Waals surface area contributed by atoms with Gasteiger partial charge in [0.05, 0.1) is 28.1 Å². The molecule has 0 N–H and O–H groups in total. The van der Waals surface area contributed by atoms with Crippen molar-refractivity contribution in [2.75, 3.05) is 0 Å². The van der Waals surface area contributed by atoms with Gasteiger partial charge in [-0.25, -0.2) is 4.98 Å². The molecule has 2 aromatic carbocycles. The van der Waals surface area contributed by atoms with Gasteiger partial charge in [0.2, 0.25) is 0 Å². The number of allylic oxidation sites excluding steroid dienone is 1.